The number of halogens is 1. The third kappa shape index (κ3) is 4.52. The Morgan fingerprint density at radius 3 is 2.63 bits per heavy atom. The van der Waals surface area contributed by atoms with Crippen LogP contribution in [-0.4, -0.2) is 45.3 Å². The van der Waals surface area contributed by atoms with Crippen LogP contribution in [0.5, 0.6) is 5.75 Å². The second-order valence-electron chi connectivity index (χ2n) is 6.41. The first-order valence-electron chi connectivity index (χ1n) is 9.30. The first-order chi connectivity index (χ1) is 14.3. The number of carbonyl (C=O) groups is 2. The highest BCUT2D eigenvalue weighted by Gasteiger charge is 2.36. The van der Waals surface area contributed by atoms with Crippen LogP contribution < -0.4 is 14.4 Å². The topological polar surface area (TPSA) is 102 Å². The molecule has 1 atom stereocenters. The van der Waals surface area contributed by atoms with Gasteiger partial charge in [-0.05, 0) is 44.2 Å². The van der Waals surface area contributed by atoms with Gasteiger partial charge in [0, 0.05) is 0 Å². The Hall–Kier alpha value is -2.78. The van der Waals surface area contributed by atoms with Crippen LogP contribution in [0.15, 0.2) is 42.5 Å². The molecule has 10 heteroatoms. The molecule has 1 amide bonds. The molecule has 0 saturated heterocycles. The number of ether oxygens (including phenoxy) is 2. The van der Waals surface area contributed by atoms with Crippen LogP contribution in [0, 0.1) is 0 Å². The van der Waals surface area contributed by atoms with Crippen molar-refractivity contribution < 1.29 is 27.5 Å². The van der Waals surface area contributed by atoms with Crippen molar-refractivity contribution in [3.05, 3.63) is 53.1 Å². The van der Waals surface area contributed by atoms with Crippen LogP contribution in [0.4, 0.5) is 11.4 Å². The Balaban J connectivity index is 1.82. The predicted octanol–water partition coefficient (Wildman–Crippen LogP) is 3.07. The fourth-order valence-electron chi connectivity index (χ4n) is 2.93. The number of hydrogen-bond donors (Lipinski definition) is 1. The quantitative estimate of drug-likeness (QED) is 0.676. The number of esters is 1. The molecule has 2 aromatic carbocycles. The first kappa shape index (κ1) is 21.9. The number of nitrogens with zero attached hydrogens (tertiary/aromatic N) is 1. The molecule has 160 valence electrons. The van der Waals surface area contributed by atoms with E-state index in [-0.39, 0.29) is 35.2 Å². The minimum atomic E-state index is -3.61. The summed E-state index contributed by atoms with van der Waals surface area (Å²) in [6.45, 7) is 3.29. The maximum atomic E-state index is 12.8. The number of hydrogen-bond acceptors (Lipinski definition) is 6. The zero-order valence-corrected chi connectivity index (χ0v) is 18.0. The molecule has 0 radical (unpaired) electrons. The molecule has 0 unspecified atom stereocenters. The number of amides is 1. The number of rotatable bonds is 6. The van der Waals surface area contributed by atoms with Crippen molar-refractivity contribution in [1.82, 2.24) is 0 Å². The minimum absolute atomic E-state index is 0.114. The molecule has 8 nitrogen and oxygen atoms in total. The summed E-state index contributed by atoms with van der Waals surface area (Å²) in [5, 5.41) is 2.77. The van der Waals surface area contributed by atoms with E-state index < -0.39 is 28.0 Å². The van der Waals surface area contributed by atoms with Gasteiger partial charge in [0.2, 0.25) is 10.0 Å². The fourth-order valence-corrected chi connectivity index (χ4v) is 4.28. The second-order valence-corrected chi connectivity index (χ2v) is 9.00. The van der Waals surface area contributed by atoms with Gasteiger partial charge in [-0.1, -0.05) is 23.7 Å². The average molecular weight is 453 g/mol. The van der Waals surface area contributed by atoms with E-state index in [9.17, 15) is 18.0 Å². The molecule has 1 heterocycles. The summed E-state index contributed by atoms with van der Waals surface area (Å²) in [5.41, 5.74) is 0.908. The summed E-state index contributed by atoms with van der Waals surface area (Å²) in [7, 11) is -3.61. The van der Waals surface area contributed by atoms with Crippen LogP contribution in [0.3, 0.4) is 0 Å². The maximum Gasteiger partial charge on any atom is 0.338 e. The third-order valence-electron chi connectivity index (χ3n) is 4.47. The molecule has 0 fully saturated rings. The van der Waals surface area contributed by atoms with Gasteiger partial charge in [0.05, 0.1) is 40.9 Å². The van der Waals surface area contributed by atoms with Gasteiger partial charge in [-0.25, -0.2) is 13.2 Å². The minimum Gasteiger partial charge on any atom is -0.476 e. The van der Waals surface area contributed by atoms with Crippen molar-refractivity contribution in [2.75, 3.05) is 28.5 Å². The zero-order chi connectivity index (χ0) is 21.9. The molecule has 0 saturated carbocycles. The number of benzene rings is 2. The highest BCUT2D eigenvalue weighted by Crippen LogP contribution is 2.35. The molecule has 0 spiro atoms. The summed E-state index contributed by atoms with van der Waals surface area (Å²) in [4.78, 5) is 24.6. The second kappa shape index (κ2) is 8.93. The molecule has 30 heavy (non-hydrogen) atoms. The van der Waals surface area contributed by atoms with E-state index in [1.165, 1.54) is 29.4 Å². The van der Waals surface area contributed by atoms with Crippen molar-refractivity contribution in [1.29, 1.82) is 0 Å². The Morgan fingerprint density at radius 1 is 1.23 bits per heavy atom. The Kier molecular flexibility index (Phi) is 6.52. The van der Waals surface area contributed by atoms with Gasteiger partial charge in [0.25, 0.3) is 5.91 Å². The van der Waals surface area contributed by atoms with Crippen molar-refractivity contribution in [3.8, 4) is 5.75 Å². The molecule has 1 N–H and O–H groups in total. The standard InChI is InChI=1S/C20H21ClN2O6S/c1-3-28-20(25)13-9-10-15(14(21)11-13)22-19(24)18-12-23(30(26,27)4-2)16-7-5-6-8-17(16)29-18/h5-11,18H,3-4,12H2,1-2H3,(H,22,24)/t18-/m0/s1. The molecule has 2 aromatic rings. The highest BCUT2D eigenvalue weighted by atomic mass is 35.5. The molecule has 0 bridgehead atoms. The SMILES string of the molecule is CCOC(=O)c1ccc(NC(=O)[C@@H]2CN(S(=O)(=O)CC)c3ccccc3O2)c(Cl)c1. The molecule has 3 rings (SSSR count). The molecule has 1 aliphatic rings. The van der Waals surface area contributed by atoms with Gasteiger partial charge in [-0.2, -0.15) is 0 Å². The molecular weight excluding hydrogens is 432 g/mol. The van der Waals surface area contributed by atoms with E-state index in [2.05, 4.69) is 5.32 Å². The summed E-state index contributed by atoms with van der Waals surface area (Å²) < 4.78 is 36.9. The van der Waals surface area contributed by atoms with Gasteiger partial charge < -0.3 is 14.8 Å². The monoisotopic (exact) mass is 452 g/mol. The summed E-state index contributed by atoms with van der Waals surface area (Å²) in [6, 6.07) is 11.0. The lowest BCUT2D eigenvalue weighted by Gasteiger charge is -2.34. The lowest BCUT2D eigenvalue weighted by Crippen LogP contribution is -2.49. The highest BCUT2D eigenvalue weighted by molar-refractivity contribution is 7.92. The number of carbonyl (C=O) groups excluding carboxylic acids is 2. The Morgan fingerprint density at radius 2 is 1.97 bits per heavy atom. The number of sulfonamides is 1. The lowest BCUT2D eigenvalue weighted by molar-refractivity contribution is -0.122. The van der Waals surface area contributed by atoms with Gasteiger partial charge >= 0.3 is 5.97 Å². The Labute approximate surface area is 179 Å². The van der Waals surface area contributed by atoms with Gasteiger partial charge in [0.1, 0.15) is 5.75 Å². The van der Waals surface area contributed by atoms with E-state index in [0.29, 0.717) is 11.4 Å². The zero-order valence-electron chi connectivity index (χ0n) is 16.4. The Bertz CT molecular complexity index is 1070. The van der Waals surface area contributed by atoms with E-state index >= 15 is 0 Å². The van der Waals surface area contributed by atoms with E-state index in [1.807, 2.05) is 0 Å². The normalized spacial score (nSPS) is 15.7. The van der Waals surface area contributed by atoms with E-state index in [1.54, 1.807) is 31.2 Å². The average Bonchev–Trinajstić information content (AvgIpc) is 2.74. The molecule has 0 aromatic heterocycles. The van der Waals surface area contributed by atoms with Crippen LogP contribution >= 0.6 is 11.6 Å². The van der Waals surface area contributed by atoms with Gasteiger partial charge in [-0.15, -0.1) is 0 Å². The number of para-hydroxylation sites is 2. The van der Waals surface area contributed by atoms with Crippen LogP contribution in [0.25, 0.3) is 0 Å². The first-order valence-corrected chi connectivity index (χ1v) is 11.3. The molecular formula is C20H21ClN2O6S. The number of anilines is 2. The van der Waals surface area contributed by atoms with Crippen molar-refractivity contribution in [3.63, 3.8) is 0 Å². The van der Waals surface area contributed by atoms with E-state index in [0.717, 1.165) is 0 Å². The largest absolute Gasteiger partial charge is 0.476 e. The van der Waals surface area contributed by atoms with Crippen LogP contribution in [0.2, 0.25) is 5.02 Å². The lowest BCUT2D eigenvalue weighted by atomic mass is 10.2. The van der Waals surface area contributed by atoms with Gasteiger partial charge in [-0.3, -0.25) is 9.10 Å². The molecule has 1 aliphatic heterocycles. The smallest absolute Gasteiger partial charge is 0.338 e. The number of nitrogens with one attached hydrogen (secondary N) is 1. The summed E-state index contributed by atoms with van der Waals surface area (Å²) in [5.74, 6) is -0.905. The van der Waals surface area contributed by atoms with E-state index in [4.69, 9.17) is 21.1 Å². The fraction of sp³-hybridized carbons (Fsp3) is 0.300. The summed E-state index contributed by atoms with van der Waals surface area (Å²) in [6.07, 6.45) is -1.08. The molecule has 0 aliphatic carbocycles. The van der Waals surface area contributed by atoms with Crippen LogP contribution in [-0.2, 0) is 19.6 Å². The van der Waals surface area contributed by atoms with Crippen molar-refractivity contribution in [2.45, 2.75) is 20.0 Å². The maximum absolute atomic E-state index is 12.8. The predicted molar refractivity (Wildman–Crippen MR) is 114 cm³/mol. The van der Waals surface area contributed by atoms with Crippen LogP contribution in [0.1, 0.15) is 24.2 Å². The number of fused-ring (bicyclic) bond motifs is 1. The summed E-state index contributed by atoms with van der Waals surface area (Å²) >= 11 is 6.19. The van der Waals surface area contributed by atoms with Crippen molar-refractivity contribution in [2.24, 2.45) is 0 Å². The third-order valence-corrected chi connectivity index (χ3v) is 6.53. The van der Waals surface area contributed by atoms with Crippen molar-refractivity contribution >= 4 is 44.9 Å². The van der Waals surface area contributed by atoms with Gasteiger partial charge in [0.15, 0.2) is 6.10 Å².